The van der Waals surface area contributed by atoms with Gasteiger partial charge in [0.05, 0.1) is 5.69 Å². The molecule has 1 aromatic heterocycles. The Bertz CT molecular complexity index is 678. The van der Waals surface area contributed by atoms with Crippen LogP contribution in [0.1, 0.15) is 34.1 Å². The number of oxazole rings is 1. The molecule has 2 aromatic rings. The van der Waals surface area contributed by atoms with Crippen molar-refractivity contribution in [1.82, 2.24) is 10.3 Å². The van der Waals surface area contributed by atoms with Crippen LogP contribution in [0.3, 0.4) is 0 Å². The summed E-state index contributed by atoms with van der Waals surface area (Å²) in [6, 6.07) is 8.48. The van der Waals surface area contributed by atoms with Crippen LogP contribution >= 0.6 is 0 Å². The van der Waals surface area contributed by atoms with Gasteiger partial charge in [-0.3, -0.25) is 4.79 Å². The highest BCUT2D eigenvalue weighted by Gasteiger charge is 2.18. The van der Waals surface area contributed by atoms with Gasteiger partial charge in [0.25, 0.3) is 5.91 Å². The molecule has 1 amide bonds. The Labute approximate surface area is 130 Å². The Morgan fingerprint density at radius 1 is 1.36 bits per heavy atom. The van der Waals surface area contributed by atoms with E-state index in [4.69, 9.17) is 4.42 Å². The molecular formula is C17H21N3O2. The number of anilines is 1. The fourth-order valence-electron chi connectivity index (χ4n) is 2.97. The summed E-state index contributed by atoms with van der Waals surface area (Å²) < 4.78 is 5.34. The van der Waals surface area contributed by atoms with Gasteiger partial charge < -0.3 is 14.6 Å². The molecule has 0 fully saturated rings. The molecule has 0 unspecified atom stereocenters. The summed E-state index contributed by atoms with van der Waals surface area (Å²) in [7, 11) is 0. The van der Waals surface area contributed by atoms with Crippen LogP contribution in [0.15, 0.2) is 28.7 Å². The zero-order valence-electron chi connectivity index (χ0n) is 13.1. The highest BCUT2D eigenvalue weighted by Crippen LogP contribution is 2.25. The lowest BCUT2D eigenvalue weighted by molar-refractivity contribution is 0.0925. The molecule has 2 heterocycles. The molecule has 0 aliphatic carbocycles. The second kappa shape index (κ2) is 6.22. The normalized spacial score (nSPS) is 13.8. The summed E-state index contributed by atoms with van der Waals surface area (Å²) in [5.41, 5.74) is 3.31. The number of aromatic nitrogens is 1. The van der Waals surface area contributed by atoms with Gasteiger partial charge in [-0.2, -0.15) is 0 Å². The van der Waals surface area contributed by atoms with E-state index in [0.717, 1.165) is 25.9 Å². The molecule has 0 spiro atoms. The van der Waals surface area contributed by atoms with E-state index in [-0.39, 0.29) is 5.91 Å². The number of hydrogen-bond donors (Lipinski definition) is 1. The van der Waals surface area contributed by atoms with Crippen molar-refractivity contribution in [3.63, 3.8) is 0 Å². The molecule has 22 heavy (non-hydrogen) atoms. The third kappa shape index (κ3) is 2.98. The van der Waals surface area contributed by atoms with E-state index < -0.39 is 0 Å². The zero-order valence-corrected chi connectivity index (χ0v) is 13.1. The van der Waals surface area contributed by atoms with Crippen molar-refractivity contribution in [1.29, 1.82) is 0 Å². The number of carbonyl (C=O) groups excluding carboxylic acids is 1. The molecule has 5 nitrogen and oxygen atoms in total. The number of para-hydroxylation sites is 1. The molecule has 116 valence electrons. The van der Waals surface area contributed by atoms with Crippen LogP contribution in [-0.4, -0.2) is 30.5 Å². The lowest BCUT2D eigenvalue weighted by Crippen LogP contribution is -2.37. The minimum absolute atomic E-state index is 0.191. The smallest absolute Gasteiger partial charge is 0.289 e. The van der Waals surface area contributed by atoms with E-state index in [1.165, 1.54) is 11.3 Å². The van der Waals surface area contributed by atoms with Crippen LogP contribution in [0.4, 0.5) is 5.69 Å². The SMILES string of the molecule is Cc1nc(C)c(C(=O)NCCN2CCCc3ccccc32)o1. The maximum absolute atomic E-state index is 12.1. The Morgan fingerprint density at radius 2 is 2.18 bits per heavy atom. The van der Waals surface area contributed by atoms with Crippen LogP contribution in [0.5, 0.6) is 0 Å². The molecule has 0 atom stereocenters. The lowest BCUT2D eigenvalue weighted by Gasteiger charge is -2.31. The van der Waals surface area contributed by atoms with Crippen molar-refractivity contribution in [3.8, 4) is 0 Å². The number of carbonyl (C=O) groups is 1. The van der Waals surface area contributed by atoms with Crippen molar-refractivity contribution in [2.24, 2.45) is 0 Å². The third-order valence-corrected chi connectivity index (χ3v) is 3.98. The Balaban J connectivity index is 1.58. The quantitative estimate of drug-likeness (QED) is 0.942. The van der Waals surface area contributed by atoms with Gasteiger partial charge in [0.1, 0.15) is 0 Å². The first-order chi connectivity index (χ1) is 10.6. The third-order valence-electron chi connectivity index (χ3n) is 3.98. The maximum Gasteiger partial charge on any atom is 0.289 e. The van der Waals surface area contributed by atoms with Gasteiger partial charge in [0.2, 0.25) is 5.76 Å². The topological polar surface area (TPSA) is 58.4 Å². The number of amides is 1. The average Bonchev–Trinajstić information content (AvgIpc) is 2.86. The highest BCUT2D eigenvalue weighted by molar-refractivity contribution is 5.92. The number of nitrogens with zero attached hydrogens (tertiary/aromatic N) is 2. The Hall–Kier alpha value is -2.30. The number of hydrogen-bond acceptors (Lipinski definition) is 4. The standard InChI is InChI=1S/C17H21N3O2/c1-12-16(22-13(2)19-12)17(21)18-9-11-20-10-5-7-14-6-3-4-8-15(14)20/h3-4,6,8H,5,7,9-11H2,1-2H3,(H,18,21). The first kappa shape index (κ1) is 14.6. The second-order valence-electron chi connectivity index (χ2n) is 5.62. The molecule has 3 rings (SSSR count). The van der Waals surface area contributed by atoms with E-state index in [1.807, 2.05) is 0 Å². The molecule has 0 saturated heterocycles. The van der Waals surface area contributed by atoms with E-state index >= 15 is 0 Å². The van der Waals surface area contributed by atoms with E-state index in [0.29, 0.717) is 23.9 Å². The first-order valence-electron chi connectivity index (χ1n) is 7.70. The van der Waals surface area contributed by atoms with Crippen LogP contribution < -0.4 is 10.2 Å². The molecule has 0 radical (unpaired) electrons. The minimum atomic E-state index is -0.191. The van der Waals surface area contributed by atoms with Crippen molar-refractivity contribution >= 4 is 11.6 Å². The fraction of sp³-hybridized carbons (Fsp3) is 0.412. The molecule has 1 N–H and O–H groups in total. The summed E-state index contributed by atoms with van der Waals surface area (Å²) in [4.78, 5) is 18.6. The molecule has 5 heteroatoms. The van der Waals surface area contributed by atoms with Gasteiger partial charge in [-0.25, -0.2) is 4.98 Å². The van der Waals surface area contributed by atoms with Gasteiger partial charge in [-0.1, -0.05) is 18.2 Å². The molecule has 0 saturated carbocycles. The van der Waals surface area contributed by atoms with Gasteiger partial charge in [0.15, 0.2) is 5.89 Å². The molecule has 1 aliphatic heterocycles. The van der Waals surface area contributed by atoms with Crippen LogP contribution in [0.25, 0.3) is 0 Å². The van der Waals surface area contributed by atoms with Crippen molar-refractivity contribution in [2.75, 3.05) is 24.5 Å². The predicted molar refractivity (Wildman–Crippen MR) is 85.3 cm³/mol. The van der Waals surface area contributed by atoms with Gasteiger partial charge in [-0.05, 0) is 31.4 Å². The van der Waals surface area contributed by atoms with Crippen LogP contribution in [0, 0.1) is 13.8 Å². The largest absolute Gasteiger partial charge is 0.436 e. The zero-order chi connectivity index (χ0) is 15.5. The molecule has 0 bridgehead atoms. The number of nitrogens with one attached hydrogen (secondary N) is 1. The maximum atomic E-state index is 12.1. The summed E-state index contributed by atoms with van der Waals surface area (Å²) >= 11 is 0. The van der Waals surface area contributed by atoms with E-state index in [2.05, 4.69) is 39.5 Å². The molecule has 1 aromatic carbocycles. The number of benzene rings is 1. The first-order valence-corrected chi connectivity index (χ1v) is 7.70. The van der Waals surface area contributed by atoms with Crippen LogP contribution in [-0.2, 0) is 6.42 Å². The number of rotatable bonds is 4. The van der Waals surface area contributed by atoms with Crippen molar-refractivity contribution in [2.45, 2.75) is 26.7 Å². The minimum Gasteiger partial charge on any atom is -0.436 e. The Morgan fingerprint density at radius 3 is 2.95 bits per heavy atom. The Kier molecular flexibility index (Phi) is 4.13. The summed E-state index contributed by atoms with van der Waals surface area (Å²) in [6.45, 7) is 5.95. The number of fused-ring (bicyclic) bond motifs is 1. The van der Waals surface area contributed by atoms with E-state index in [9.17, 15) is 4.79 Å². The summed E-state index contributed by atoms with van der Waals surface area (Å²) in [5, 5.41) is 2.92. The summed E-state index contributed by atoms with van der Waals surface area (Å²) in [5.74, 6) is 0.646. The van der Waals surface area contributed by atoms with Gasteiger partial charge in [-0.15, -0.1) is 0 Å². The predicted octanol–water partition coefficient (Wildman–Crippen LogP) is 2.47. The average molecular weight is 299 g/mol. The van der Waals surface area contributed by atoms with Gasteiger partial charge >= 0.3 is 0 Å². The molecule has 1 aliphatic rings. The van der Waals surface area contributed by atoms with Gasteiger partial charge in [0, 0.05) is 32.2 Å². The lowest BCUT2D eigenvalue weighted by atomic mass is 10.0. The van der Waals surface area contributed by atoms with Crippen molar-refractivity contribution < 1.29 is 9.21 Å². The monoisotopic (exact) mass is 299 g/mol. The number of aryl methyl sites for hydroxylation is 3. The second-order valence-corrected chi connectivity index (χ2v) is 5.62. The molecular weight excluding hydrogens is 278 g/mol. The fourth-order valence-corrected chi connectivity index (χ4v) is 2.97. The van der Waals surface area contributed by atoms with Crippen molar-refractivity contribution in [3.05, 3.63) is 47.2 Å². The highest BCUT2D eigenvalue weighted by atomic mass is 16.4. The summed E-state index contributed by atoms with van der Waals surface area (Å²) in [6.07, 6.45) is 2.29. The van der Waals surface area contributed by atoms with E-state index in [1.54, 1.807) is 13.8 Å². The van der Waals surface area contributed by atoms with Crippen LogP contribution in [0.2, 0.25) is 0 Å².